The standard InChI is InChI=1S/C26H17FO6/c1-15-10-25(28)33-23-12-19(7-8-20(15)23)32-24-14-31-22-11-18(6-9-21(22)26(24)29)30-13-16-2-4-17(27)5-3-16/h2-12,14H,13H2,1H3. The molecule has 7 heteroatoms. The Balaban J connectivity index is 1.39. The number of ether oxygens (including phenoxy) is 2. The first-order chi connectivity index (χ1) is 16.0. The van der Waals surface area contributed by atoms with Crippen LogP contribution in [0.3, 0.4) is 0 Å². The highest BCUT2D eigenvalue weighted by Gasteiger charge is 2.12. The maximum atomic E-state index is 13.0. The molecule has 2 heterocycles. The van der Waals surface area contributed by atoms with Gasteiger partial charge in [-0.15, -0.1) is 0 Å². The minimum Gasteiger partial charge on any atom is -0.489 e. The summed E-state index contributed by atoms with van der Waals surface area (Å²) >= 11 is 0. The Bertz CT molecular complexity index is 1600. The van der Waals surface area contributed by atoms with Crippen molar-refractivity contribution in [3.63, 3.8) is 0 Å². The summed E-state index contributed by atoms with van der Waals surface area (Å²) in [5, 5.41) is 1.10. The molecule has 0 saturated carbocycles. The van der Waals surface area contributed by atoms with Gasteiger partial charge in [-0.1, -0.05) is 12.1 Å². The van der Waals surface area contributed by atoms with Gasteiger partial charge in [0.05, 0.1) is 5.39 Å². The Morgan fingerprint density at radius 1 is 0.848 bits per heavy atom. The number of benzene rings is 3. The van der Waals surface area contributed by atoms with Gasteiger partial charge in [0.1, 0.15) is 41.4 Å². The van der Waals surface area contributed by atoms with Gasteiger partial charge in [-0.25, -0.2) is 9.18 Å². The fourth-order valence-corrected chi connectivity index (χ4v) is 3.49. The molecule has 0 N–H and O–H groups in total. The van der Waals surface area contributed by atoms with Crippen LogP contribution in [0, 0.1) is 12.7 Å². The summed E-state index contributed by atoms with van der Waals surface area (Å²) in [6.07, 6.45) is 1.23. The van der Waals surface area contributed by atoms with Gasteiger partial charge >= 0.3 is 5.63 Å². The van der Waals surface area contributed by atoms with Gasteiger partial charge in [0.2, 0.25) is 11.2 Å². The molecule has 0 atom stereocenters. The lowest BCUT2D eigenvalue weighted by Crippen LogP contribution is -2.05. The number of aryl methyl sites for hydroxylation is 1. The van der Waals surface area contributed by atoms with Gasteiger partial charge in [-0.3, -0.25) is 4.79 Å². The van der Waals surface area contributed by atoms with Crippen molar-refractivity contribution in [1.29, 1.82) is 0 Å². The van der Waals surface area contributed by atoms with Crippen LogP contribution in [0.15, 0.2) is 91.4 Å². The van der Waals surface area contributed by atoms with Crippen LogP contribution < -0.4 is 20.5 Å². The summed E-state index contributed by atoms with van der Waals surface area (Å²) < 4.78 is 35.3. The van der Waals surface area contributed by atoms with Crippen LogP contribution in [-0.4, -0.2) is 0 Å². The summed E-state index contributed by atoms with van der Waals surface area (Å²) in [6.45, 7) is 2.06. The summed E-state index contributed by atoms with van der Waals surface area (Å²) in [4.78, 5) is 24.5. The number of hydrogen-bond acceptors (Lipinski definition) is 6. The Hall–Kier alpha value is -4.39. The fourth-order valence-electron chi connectivity index (χ4n) is 3.49. The van der Waals surface area contributed by atoms with E-state index in [1.807, 2.05) is 6.92 Å². The van der Waals surface area contributed by atoms with Crippen molar-refractivity contribution >= 4 is 21.9 Å². The SMILES string of the molecule is Cc1cc(=O)oc2cc(Oc3coc4cc(OCc5ccc(F)cc5)ccc4c3=O)ccc12. The molecule has 6 nitrogen and oxygen atoms in total. The van der Waals surface area contributed by atoms with Crippen LogP contribution in [0.4, 0.5) is 4.39 Å². The second-order valence-corrected chi connectivity index (χ2v) is 7.51. The van der Waals surface area contributed by atoms with Gasteiger partial charge in [-0.05, 0) is 54.4 Å². The topological polar surface area (TPSA) is 78.9 Å². The molecule has 2 aromatic heterocycles. The number of halogens is 1. The number of rotatable bonds is 5. The van der Waals surface area contributed by atoms with Gasteiger partial charge in [0.15, 0.2) is 0 Å². The van der Waals surface area contributed by atoms with Crippen LogP contribution in [0.25, 0.3) is 21.9 Å². The lowest BCUT2D eigenvalue weighted by molar-refractivity contribution is 0.306. The summed E-state index contributed by atoms with van der Waals surface area (Å²) in [6, 6.07) is 17.3. The normalized spacial score (nSPS) is 11.1. The molecular weight excluding hydrogens is 427 g/mol. The number of hydrogen-bond donors (Lipinski definition) is 0. The average Bonchev–Trinajstić information content (AvgIpc) is 2.80. The maximum Gasteiger partial charge on any atom is 0.336 e. The molecule has 5 rings (SSSR count). The van der Waals surface area contributed by atoms with Crippen molar-refractivity contribution in [3.05, 3.63) is 111 Å². The second kappa shape index (κ2) is 8.27. The van der Waals surface area contributed by atoms with Crippen molar-refractivity contribution in [1.82, 2.24) is 0 Å². The Morgan fingerprint density at radius 2 is 1.58 bits per heavy atom. The monoisotopic (exact) mass is 444 g/mol. The van der Waals surface area contributed by atoms with Crippen LogP contribution in [0.5, 0.6) is 17.2 Å². The Labute approximate surface area is 186 Å². The van der Waals surface area contributed by atoms with E-state index < -0.39 is 5.63 Å². The minimum absolute atomic E-state index is 0.00293. The van der Waals surface area contributed by atoms with E-state index in [1.165, 1.54) is 24.5 Å². The van der Waals surface area contributed by atoms with Crippen LogP contribution in [-0.2, 0) is 6.61 Å². The molecule has 5 aromatic rings. The van der Waals surface area contributed by atoms with E-state index in [1.54, 1.807) is 48.5 Å². The van der Waals surface area contributed by atoms with Crippen molar-refractivity contribution in [2.75, 3.05) is 0 Å². The molecule has 0 aliphatic carbocycles. The van der Waals surface area contributed by atoms with Crippen molar-refractivity contribution in [2.45, 2.75) is 13.5 Å². The minimum atomic E-state index is -0.458. The average molecular weight is 444 g/mol. The molecule has 0 aliphatic heterocycles. The molecule has 0 aliphatic rings. The molecular formula is C26H17FO6. The predicted molar refractivity (Wildman–Crippen MR) is 121 cm³/mol. The molecule has 3 aromatic carbocycles. The smallest absolute Gasteiger partial charge is 0.336 e. The van der Waals surface area contributed by atoms with E-state index >= 15 is 0 Å². The van der Waals surface area contributed by atoms with E-state index in [0.29, 0.717) is 28.1 Å². The van der Waals surface area contributed by atoms with E-state index in [-0.39, 0.29) is 23.6 Å². The van der Waals surface area contributed by atoms with Crippen LogP contribution in [0.2, 0.25) is 0 Å². The van der Waals surface area contributed by atoms with Crippen LogP contribution in [0.1, 0.15) is 11.1 Å². The highest BCUT2D eigenvalue weighted by molar-refractivity contribution is 5.82. The molecule has 0 saturated heterocycles. The third kappa shape index (κ3) is 4.21. The van der Waals surface area contributed by atoms with Gasteiger partial charge in [0, 0.05) is 23.6 Å². The zero-order chi connectivity index (χ0) is 22.9. The fraction of sp³-hybridized carbons (Fsp3) is 0.0769. The summed E-state index contributed by atoms with van der Waals surface area (Å²) in [5.41, 5.74) is 1.49. The molecule has 33 heavy (non-hydrogen) atoms. The van der Waals surface area contributed by atoms with Gasteiger partial charge in [0.25, 0.3) is 0 Å². The quantitative estimate of drug-likeness (QED) is 0.323. The molecule has 0 amide bonds. The molecule has 0 spiro atoms. The molecule has 0 radical (unpaired) electrons. The number of fused-ring (bicyclic) bond motifs is 2. The first-order valence-electron chi connectivity index (χ1n) is 10.1. The van der Waals surface area contributed by atoms with Gasteiger partial charge in [-0.2, -0.15) is 0 Å². The van der Waals surface area contributed by atoms with Crippen LogP contribution >= 0.6 is 0 Å². The predicted octanol–water partition coefficient (Wildman–Crippen LogP) is 5.72. The third-order valence-electron chi connectivity index (χ3n) is 5.18. The van der Waals surface area contributed by atoms with Crippen molar-refractivity contribution < 1.29 is 22.7 Å². The molecule has 0 bridgehead atoms. The first kappa shape index (κ1) is 20.5. The maximum absolute atomic E-state index is 13.0. The Kier molecular flexibility index (Phi) is 5.14. The highest BCUT2D eigenvalue weighted by Crippen LogP contribution is 2.27. The van der Waals surface area contributed by atoms with E-state index in [4.69, 9.17) is 18.3 Å². The van der Waals surface area contributed by atoms with Crippen molar-refractivity contribution in [2.24, 2.45) is 0 Å². The zero-order valence-electron chi connectivity index (χ0n) is 17.5. The largest absolute Gasteiger partial charge is 0.489 e. The second-order valence-electron chi connectivity index (χ2n) is 7.51. The lowest BCUT2D eigenvalue weighted by atomic mass is 10.1. The summed E-state index contributed by atoms with van der Waals surface area (Å²) in [5.74, 6) is 0.523. The van der Waals surface area contributed by atoms with Crippen molar-refractivity contribution in [3.8, 4) is 17.2 Å². The molecule has 0 fully saturated rings. The van der Waals surface area contributed by atoms with Gasteiger partial charge < -0.3 is 18.3 Å². The Morgan fingerprint density at radius 3 is 2.39 bits per heavy atom. The molecule has 0 unspecified atom stereocenters. The molecule has 164 valence electrons. The lowest BCUT2D eigenvalue weighted by Gasteiger charge is -2.09. The first-order valence-corrected chi connectivity index (χ1v) is 10.1. The highest BCUT2D eigenvalue weighted by atomic mass is 19.1. The van der Waals surface area contributed by atoms with E-state index in [0.717, 1.165) is 16.5 Å². The third-order valence-corrected chi connectivity index (χ3v) is 5.18. The van der Waals surface area contributed by atoms with E-state index in [9.17, 15) is 14.0 Å². The summed E-state index contributed by atoms with van der Waals surface area (Å²) in [7, 11) is 0. The van der Waals surface area contributed by atoms with E-state index in [2.05, 4.69) is 0 Å². The zero-order valence-corrected chi connectivity index (χ0v) is 17.5.